The van der Waals surface area contributed by atoms with Crippen LogP contribution < -0.4 is 9.64 Å². The van der Waals surface area contributed by atoms with Crippen LogP contribution in [-0.4, -0.2) is 79.5 Å². The van der Waals surface area contributed by atoms with Gasteiger partial charge in [-0.05, 0) is 57.3 Å². The van der Waals surface area contributed by atoms with E-state index in [1.165, 1.54) is 57.3 Å². The van der Waals surface area contributed by atoms with Crippen molar-refractivity contribution in [2.75, 3.05) is 51.3 Å². The number of para-hydroxylation sites is 2. The molecule has 0 unspecified atom stereocenters. The predicted molar refractivity (Wildman–Crippen MR) is 114 cm³/mol. The molecule has 0 aromatic heterocycles. The summed E-state index contributed by atoms with van der Waals surface area (Å²) in [5.41, 5.74) is 1.21. The molecule has 0 spiro atoms. The molecule has 1 aromatic carbocycles. The minimum absolute atomic E-state index is 0.195. The first-order valence-electron chi connectivity index (χ1n) is 11.3. The maximum absolute atomic E-state index is 10.9. The maximum atomic E-state index is 10.9. The van der Waals surface area contributed by atoms with E-state index >= 15 is 0 Å². The second kappa shape index (κ2) is 9.47. The number of aliphatic hydroxyl groups is 1. The lowest BCUT2D eigenvalue weighted by molar-refractivity contribution is -0.0279. The Morgan fingerprint density at radius 3 is 2.25 bits per heavy atom. The average Bonchev–Trinajstić information content (AvgIpc) is 3.03. The van der Waals surface area contributed by atoms with E-state index in [0.717, 1.165) is 38.3 Å². The smallest absolute Gasteiger partial charge is 0.142 e. The van der Waals surface area contributed by atoms with Crippen molar-refractivity contribution in [2.24, 2.45) is 0 Å². The molecule has 0 amide bonds. The number of nitrogens with zero attached hydrogens (tertiary/aromatic N) is 3. The van der Waals surface area contributed by atoms with Gasteiger partial charge in [-0.1, -0.05) is 25.0 Å². The summed E-state index contributed by atoms with van der Waals surface area (Å²) in [4.78, 5) is 7.60. The van der Waals surface area contributed by atoms with Crippen LogP contribution in [0.4, 0.5) is 5.69 Å². The molecule has 3 heterocycles. The summed E-state index contributed by atoms with van der Waals surface area (Å²) >= 11 is 0. The van der Waals surface area contributed by atoms with Crippen molar-refractivity contribution >= 4 is 5.69 Å². The molecule has 1 aromatic rings. The third kappa shape index (κ3) is 4.47. The molecule has 0 radical (unpaired) electrons. The van der Waals surface area contributed by atoms with Crippen LogP contribution >= 0.6 is 0 Å². The highest BCUT2D eigenvalue weighted by atomic mass is 16.5. The quantitative estimate of drug-likeness (QED) is 0.860. The monoisotopic (exact) mass is 387 g/mol. The molecule has 4 rings (SSSR count). The van der Waals surface area contributed by atoms with Crippen LogP contribution in [-0.2, 0) is 0 Å². The number of ether oxygens (including phenoxy) is 1. The summed E-state index contributed by atoms with van der Waals surface area (Å²) < 4.78 is 5.54. The lowest BCUT2D eigenvalue weighted by Gasteiger charge is -2.46. The van der Waals surface area contributed by atoms with E-state index in [2.05, 4.69) is 26.8 Å². The molecule has 3 fully saturated rings. The van der Waals surface area contributed by atoms with Crippen LogP contribution in [0.2, 0.25) is 0 Å². The first-order valence-corrected chi connectivity index (χ1v) is 11.3. The molecule has 0 bridgehead atoms. The van der Waals surface area contributed by atoms with Gasteiger partial charge in [-0.25, -0.2) is 0 Å². The van der Waals surface area contributed by atoms with Crippen LogP contribution in [0.15, 0.2) is 24.3 Å². The zero-order chi connectivity index (χ0) is 19.3. The van der Waals surface area contributed by atoms with E-state index in [9.17, 15) is 5.11 Å². The zero-order valence-corrected chi connectivity index (χ0v) is 17.4. The molecule has 3 aliphatic rings. The van der Waals surface area contributed by atoms with E-state index in [1.807, 2.05) is 12.1 Å². The number of benzene rings is 1. The van der Waals surface area contributed by atoms with Crippen LogP contribution in [0.3, 0.4) is 0 Å². The summed E-state index contributed by atoms with van der Waals surface area (Å²) in [6.45, 7) is 6.47. The van der Waals surface area contributed by atoms with E-state index in [4.69, 9.17) is 4.74 Å². The topological polar surface area (TPSA) is 39.2 Å². The first-order chi connectivity index (χ1) is 13.8. The van der Waals surface area contributed by atoms with E-state index in [-0.39, 0.29) is 6.10 Å². The minimum Gasteiger partial charge on any atom is -0.495 e. The number of rotatable bonds is 4. The van der Waals surface area contributed by atoms with Crippen LogP contribution in [0.1, 0.15) is 44.9 Å². The lowest BCUT2D eigenvalue weighted by Crippen LogP contribution is -2.57. The maximum Gasteiger partial charge on any atom is 0.142 e. The van der Waals surface area contributed by atoms with Gasteiger partial charge < -0.3 is 14.7 Å². The molecule has 5 nitrogen and oxygen atoms in total. The second-order valence-electron chi connectivity index (χ2n) is 8.76. The summed E-state index contributed by atoms with van der Waals surface area (Å²) in [6, 6.07) is 9.31. The Hall–Kier alpha value is -1.30. The Morgan fingerprint density at radius 2 is 1.57 bits per heavy atom. The molecule has 0 saturated carbocycles. The third-order valence-electron chi connectivity index (χ3n) is 7.09. The van der Waals surface area contributed by atoms with Gasteiger partial charge in [0.15, 0.2) is 0 Å². The zero-order valence-electron chi connectivity index (χ0n) is 17.4. The van der Waals surface area contributed by atoms with Gasteiger partial charge in [-0.2, -0.15) is 0 Å². The summed E-state index contributed by atoms with van der Waals surface area (Å²) in [7, 11) is 1.75. The number of anilines is 1. The van der Waals surface area contributed by atoms with Gasteiger partial charge in [-0.3, -0.25) is 9.80 Å². The fourth-order valence-corrected chi connectivity index (χ4v) is 5.49. The molecule has 156 valence electrons. The average molecular weight is 388 g/mol. The Balaban J connectivity index is 1.30. The van der Waals surface area contributed by atoms with E-state index in [1.54, 1.807) is 7.11 Å². The fourth-order valence-electron chi connectivity index (χ4n) is 5.49. The SMILES string of the molecule is COc1ccccc1N1CCC(N2CC[C@@H](N3CCCCCC3)[C@H](O)C2)CC1. The van der Waals surface area contributed by atoms with Crippen molar-refractivity contribution in [1.29, 1.82) is 0 Å². The van der Waals surface area contributed by atoms with Crippen LogP contribution in [0, 0.1) is 0 Å². The molecule has 3 aliphatic heterocycles. The highest BCUT2D eigenvalue weighted by molar-refractivity contribution is 5.58. The first kappa shape index (κ1) is 20.0. The van der Waals surface area contributed by atoms with Crippen molar-refractivity contribution in [2.45, 2.75) is 63.1 Å². The normalized spacial score (nSPS) is 28.9. The van der Waals surface area contributed by atoms with Crippen molar-refractivity contribution in [3.63, 3.8) is 0 Å². The molecule has 28 heavy (non-hydrogen) atoms. The number of likely N-dealkylation sites (tertiary alicyclic amines) is 2. The molecule has 5 heteroatoms. The molecular weight excluding hydrogens is 350 g/mol. The Kier molecular flexibility index (Phi) is 6.76. The number of hydrogen-bond acceptors (Lipinski definition) is 5. The Bertz CT molecular complexity index is 610. The summed E-state index contributed by atoms with van der Waals surface area (Å²) in [5, 5.41) is 10.9. The number of methoxy groups -OCH3 is 1. The van der Waals surface area contributed by atoms with Gasteiger partial charge in [-0.15, -0.1) is 0 Å². The van der Waals surface area contributed by atoms with Crippen molar-refractivity contribution in [3.05, 3.63) is 24.3 Å². The lowest BCUT2D eigenvalue weighted by atomic mass is 9.95. The molecule has 2 atom stereocenters. The number of piperidine rings is 2. The Morgan fingerprint density at radius 1 is 0.857 bits per heavy atom. The van der Waals surface area contributed by atoms with Crippen molar-refractivity contribution in [3.8, 4) is 5.75 Å². The third-order valence-corrected chi connectivity index (χ3v) is 7.09. The molecule has 0 aliphatic carbocycles. The second-order valence-corrected chi connectivity index (χ2v) is 8.76. The fraction of sp³-hybridized carbons (Fsp3) is 0.739. The standard InChI is InChI=1S/C23H37N3O2/c1-28-23-9-5-4-8-21(23)25-15-10-19(11-16-25)26-17-12-20(22(27)18-26)24-13-6-2-3-7-14-24/h4-5,8-9,19-20,22,27H,2-3,6-7,10-18H2,1H3/t20-,22-/m1/s1. The minimum atomic E-state index is -0.195. The predicted octanol–water partition coefficient (Wildman–Crippen LogP) is 2.98. The number of β-amino-alcohol motifs (C(OH)–C–C–N with tert-alkyl or cyclic N) is 1. The highest BCUT2D eigenvalue weighted by Gasteiger charge is 2.35. The summed E-state index contributed by atoms with van der Waals surface area (Å²) in [5.74, 6) is 0.967. The van der Waals surface area contributed by atoms with E-state index < -0.39 is 0 Å². The van der Waals surface area contributed by atoms with E-state index in [0.29, 0.717) is 12.1 Å². The van der Waals surface area contributed by atoms with Crippen molar-refractivity contribution < 1.29 is 9.84 Å². The highest BCUT2D eigenvalue weighted by Crippen LogP contribution is 2.32. The number of aliphatic hydroxyl groups excluding tert-OH is 1. The van der Waals surface area contributed by atoms with Crippen molar-refractivity contribution in [1.82, 2.24) is 9.80 Å². The van der Waals surface area contributed by atoms with Crippen LogP contribution in [0.5, 0.6) is 5.75 Å². The van der Waals surface area contributed by atoms with Gasteiger partial charge in [0.1, 0.15) is 5.75 Å². The molecular formula is C23H37N3O2. The van der Waals surface area contributed by atoms with Gasteiger partial charge in [0.25, 0.3) is 0 Å². The largest absolute Gasteiger partial charge is 0.495 e. The number of hydrogen-bond donors (Lipinski definition) is 1. The molecule has 1 N–H and O–H groups in total. The Labute approximate surface area is 170 Å². The van der Waals surface area contributed by atoms with Gasteiger partial charge in [0.05, 0.1) is 18.9 Å². The van der Waals surface area contributed by atoms with Gasteiger partial charge in [0.2, 0.25) is 0 Å². The summed E-state index contributed by atoms with van der Waals surface area (Å²) in [6.07, 6.45) is 8.57. The molecule has 3 saturated heterocycles. The van der Waals surface area contributed by atoms with Crippen LogP contribution in [0.25, 0.3) is 0 Å². The van der Waals surface area contributed by atoms with Gasteiger partial charge >= 0.3 is 0 Å². The van der Waals surface area contributed by atoms with Gasteiger partial charge in [0, 0.05) is 38.3 Å².